The number of hydrogen-bond donors (Lipinski definition) is 6. The molecule has 11 nitrogen and oxygen atoms in total. The summed E-state index contributed by atoms with van der Waals surface area (Å²) in [5.41, 5.74) is 0. The van der Waals surface area contributed by atoms with Crippen LogP contribution in [-0.2, 0) is 23.8 Å². The zero-order valence-electron chi connectivity index (χ0n) is 46.9. The highest BCUT2D eigenvalue weighted by atomic mass is 16.7. The Morgan fingerprint density at radius 3 is 1.49 bits per heavy atom. The van der Waals surface area contributed by atoms with Gasteiger partial charge >= 0.3 is 5.97 Å². The summed E-state index contributed by atoms with van der Waals surface area (Å²) < 4.78 is 17.5. The fraction of sp³-hybridized carbons (Fsp3) is 0.746. The van der Waals surface area contributed by atoms with E-state index in [0.29, 0.717) is 12.8 Å². The number of aliphatic hydroxyl groups excluding tert-OH is 5. The van der Waals surface area contributed by atoms with Crippen LogP contribution in [0.3, 0.4) is 0 Å². The minimum absolute atomic E-state index is 0.0932. The number of ether oxygens (including phenoxy) is 3. The van der Waals surface area contributed by atoms with Gasteiger partial charge in [-0.15, -0.1) is 0 Å². The summed E-state index contributed by atoms with van der Waals surface area (Å²) in [5, 5.41) is 56.8. The molecule has 6 N–H and O–H groups in total. The lowest BCUT2D eigenvalue weighted by Gasteiger charge is -2.41. The third-order valence-corrected chi connectivity index (χ3v) is 13.5. The number of rotatable bonds is 49. The van der Waals surface area contributed by atoms with Crippen LogP contribution in [0, 0.1) is 0 Å². The molecule has 1 aliphatic rings. The summed E-state index contributed by atoms with van der Waals surface area (Å²) >= 11 is 0. The fourth-order valence-electron chi connectivity index (χ4n) is 8.79. The maximum atomic E-state index is 13.4. The predicted molar refractivity (Wildman–Crippen MR) is 306 cm³/mol. The Balaban J connectivity index is 2.70. The minimum Gasteiger partial charge on any atom is -0.454 e. The standard InChI is InChI=1S/C63H109NO10/c1-4-7-10-13-16-19-22-24-26-27-28-29-30-31-32-35-38-41-44-47-50-56(67)62(71)64-54(55(66)49-46-43-40-37-34-21-18-15-12-9-6-3)53-72-63-61(60(70)59(69)57(52-65)73-63)74-58(68)51-48-45-42-39-36-33-25-23-20-17-14-11-8-5-2/h8,11,16-17,19-20,24-26,28-29,33,46,49,54-57,59-61,63,65-67,69-70H,4-7,9-10,12-15,18,21-23,27,30-32,34-45,47-48,50-53H2,1-3H3,(H,64,71)/b11-8+,19-16-,20-17+,26-24-,29-28-,33-25+,49-46+. The smallest absolute Gasteiger partial charge is 0.306 e. The van der Waals surface area contributed by atoms with E-state index in [0.717, 1.165) is 116 Å². The molecule has 0 spiro atoms. The summed E-state index contributed by atoms with van der Waals surface area (Å²) in [4.78, 5) is 26.5. The molecule has 0 aromatic carbocycles. The van der Waals surface area contributed by atoms with Gasteiger partial charge in [-0.1, -0.05) is 221 Å². The Morgan fingerprint density at radius 2 is 0.973 bits per heavy atom. The third-order valence-electron chi connectivity index (χ3n) is 13.5. The van der Waals surface area contributed by atoms with E-state index in [2.05, 4.69) is 99.0 Å². The summed E-state index contributed by atoms with van der Waals surface area (Å²) in [6, 6.07) is -1.04. The van der Waals surface area contributed by atoms with Crippen LogP contribution in [0.25, 0.3) is 0 Å². The molecule has 0 radical (unpaired) electrons. The van der Waals surface area contributed by atoms with Crippen LogP contribution in [0.2, 0.25) is 0 Å². The zero-order valence-corrected chi connectivity index (χ0v) is 46.9. The molecule has 1 saturated heterocycles. The maximum absolute atomic E-state index is 13.4. The van der Waals surface area contributed by atoms with E-state index in [1.165, 1.54) is 77.0 Å². The van der Waals surface area contributed by atoms with Crippen LogP contribution < -0.4 is 5.32 Å². The van der Waals surface area contributed by atoms with Gasteiger partial charge in [0.15, 0.2) is 12.4 Å². The number of unbranched alkanes of at least 4 members (excludes halogenated alkanes) is 23. The van der Waals surface area contributed by atoms with E-state index in [9.17, 15) is 35.1 Å². The van der Waals surface area contributed by atoms with Crippen LogP contribution in [0.5, 0.6) is 0 Å². The highest BCUT2D eigenvalue weighted by Gasteiger charge is 2.47. The van der Waals surface area contributed by atoms with Gasteiger partial charge in [-0.2, -0.15) is 0 Å². The Bertz CT molecular complexity index is 1520. The van der Waals surface area contributed by atoms with E-state index < -0.39 is 67.4 Å². The summed E-state index contributed by atoms with van der Waals surface area (Å²) in [6.45, 7) is 5.61. The van der Waals surface area contributed by atoms with E-state index in [1.807, 2.05) is 6.08 Å². The van der Waals surface area contributed by atoms with E-state index >= 15 is 0 Å². The average Bonchev–Trinajstić information content (AvgIpc) is 3.40. The van der Waals surface area contributed by atoms with Crippen molar-refractivity contribution in [3.63, 3.8) is 0 Å². The molecule has 8 unspecified atom stereocenters. The van der Waals surface area contributed by atoms with E-state index in [1.54, 1.807) is 6.08 Å². The van der Waals surface area contributed by atoms with Gasteiger partial charge in [0, 0.05) is 6.42 Å². The SMILES string of the molecule is CC/C=C/C/C=C/C/C=C/CCCCCCC(=O)OC1C(OCC(NC(=O)C(O)CCCCCCCCC/C=C\C/C=C\C/C=C\CCCCC)C(O)/C=C/CCCCCCCCCCC)OC(CO)C(O)C1O. The van der Waals surface area contributed by atoms with Gasteiger partial charge in [0.1, 0.15) is 24.4 Å². The maximum Gasteiger partial charge on any atom is 0.306 e. The number of carbonyl (C=O) groups is 2. The molecule has 74 heavy (non-hydrogen) atoms. The Hall–Kier alpha value is -3.16. The van der Waals surface area contributed by atoms with Crippen molar-refractivity contribution in [3.05, 3.63) is 85.1 Å². The second-order valence-electron chi connectivity index (χ2n) is 20.3. The molecule has 0 aromatic heterocycles. The largest absolute Gasteiger partial charge is 0.454 e. The number of esters is 1. The van der Waals surface area contributed by atoms with Crippen molar-refractivity contribution in [1.29, 1.82) is 0 Å². The Morgan fingerprint density at radius 1 is 0.541 bits per heavy atom. The molecule has 8 atom stereocenters. The molecule has 0 bridgehead atoms. The van der Waals surface area contributed by atoms with E-state index in [-0.39, 0.29) is 19.4 Å². The number of carbonyl (C=O) groups excluding carboxylic acids is 2. The molecule has 0 aliphatic carbocycles. The number of hydrogen-bond acceptors (Lipinski definition) is 10. The van der Waals surface area contributed by atoms with Gasteiger partial charge in [0.25, 0.3) is 0 Å². The molecule has 11 heteroatoms. The third kappa shape index (κ3) is 38.4. The van der Waals surface area contributed by atoms with Crippen molar-refractivity contribution < 1.29 is 49.3 Å². The molecule has 426 valence electrons. The first-order valence-corrected chi connectivity index (χ1v) is 29.9. The lowest BCUT2D eigenvalue weighted by atomic mass is 9.99. The Labute approximate surface area is 451 Å². The molecule has 1 amide bonds. The monoisotopic (exact) mass is 1040 g/mol. The molecule has 1 fully saturated rings. The number of amides is 1. The molecule has 0 saturated carbocycles. The second-order valence-corrected chi connectivity index (χ2v) is 20.3. The van der Waals surface area contributed by atoms with Crippen molar-refractivity contribution in [2.75, 3.05) is 13.2 Å². The lowest BCUT2D eigenvalue weighted by Crippen LogP contribution is -2.61. The predicted octanol–water partition coefficient (Wildman–Crippen LogP) is 13.8. The first-order valence-electron chi connectivity index (χ1n) is 29.9. The normalized spacial score (nSPS) is 19.9. The van der Waals surface area contributed by atoms with Gasteiger partial charge in [-0.25, -0.2) is 0 Å². The van der Waals surface area contributed by atoms with Gasteiger partial charge in [0.05, 0.1) is 25.4 Å². The zero-order chi connectivity index (χ0) is 54.0. The van der Waals surface area contributed by atoms with Crippen molar-refractivity contribution in [3.8, 4) is 0 Å². The molecular formula is C63H109NO10. The summed E-state index contributed by atoms with van der Waals surface area (Å²) in [7, 11) is 0. The first-order chi connectivity index (χ1) is 36.2. The molecule has 1 aliphatic heterocycles. The highest BCUT2D eigenvalue weighted by molar-refractivity contribution is 5.80. The lowest BCUT2D eigenvalue weighted by molar-refractivity contribution is -0.305. The molecular weight excluding hydrogens is 931 g/mol. The van der Waals surface area contributed by atoms with Crippen molar-refractivity contribution in [1.82, 2.24) is 5.32 Å². The molecule has 1 rings (SSSR count). The first kappa shape index (κ1) is 68.9. The number of nitrogens with one attached hydrogen (secondary N) is 1. The van der Waals surface area contributed by atoms with Crippen LogP contribution in [-0.4, -0.2) is 99.6 Å². The van der Waals surface area contributed by atoms with Crippen molar-refractivity contribution in [2.24, 2.45) is 0 Å². The average molecular weight is 1040 g/mol. The van der Waals surface area contributed by atoms with Crippen LogP contribution in [0.15, 0.2) is 85.1 Å². The van der Waals surface area contributed by atoms with Crippen LogP contribution in [0.1, 0.15) is 239 Å². The number of allylic oxidation sites excluding steroid dienone is 13. The van der Waals surface area contributed by atoms with Gasteiger partial charge in [-0.05, 0) is 96.3 Å². The van der Waals surface area contributed by atoms with Gasteiger partial charge in [-0.3, -0.25) is 9.59 Å². The quantitative estimate of drug-likeness (QED) is 0.0195. The van der Waals surface area contributed by atoms with Crippen molar-refractivity contribution >= 4 is 11.9 Å². The fourth-order valence-corrected chi connectivity index (χ4v) is 8.79. The second kappa shape index (κ2) is 50.6. The van der Waals surface area contributed by atoms with Crippen molar-refractivity contribution in [2.45, 2.75) is 288 Å². The summed E-state index contributed by atoms with van der Waals surface area (Å²) in [5.74, 6) is -1.23. The molecule has 1 heterocycles. The van der Waals surface area contributed by atoms with Gasteiger partial charge < -0.3 is 45.1 Å². The Kier molecular flexibility index (Phi) is 47.1. The molecule has 0 aromatic rings. The summed E-state index contributed by atoms with van der Waals surface area (Å²) in [6.07, 6.45) is 54.8. The van der Waals surface area contributed by atoms with Crippen LogP contribution in [0.4, 0.5) is 0 Å². The number of aliphatic hydroxyl groups is 5. The highest BCUT2D eigenvalue weighted by Crippen LogP contribution is 2.26. The van der Waals surface area contributed by atoms with E-state index in [4.69, 9.17) is 14.2 Å². The van der Waals surface area contributed by atoms with Gasteiger partial charge in [0.2, 0.25) is 5.91 Å². The topological polar surface area (TPSA) is 175 Å². The minimum atomic E-state index is -1.63. The van der Waals surface area contributed by atoms with Crippen LogP contribution >= 0.6 is 0 Å².